The van der Waals surface area contributed by atoms with Crippen molar-refractivity contribution in [2.75, 3.05) is 13.1 Å². The van der Waals surface area contributed by atoms with Gasteiger partial charge in [-0.25, -0.2) is 0 Å². The molecule has 130 valence electrons. The molecular formula is C19H22N4OS. The maximum atomic E-state index is 12.3. The summed E-state index contributed by atoms with van der Waals surface area (Å²) < 4.78 is 3.12. The molecule has 5 nitrogen and oxygen atoms in total. The monoisotopic (exact) mass is 354 g/mol. The van der Waals surface area contributed by atoms with Crippen molar-refractivity contribution in [3.63, 3.8) is 0 Å². The third kappa shape index (κ3) is 3.75. The van der Waals surface area contributed by atoms with Crippen LogP contribution in [0.1, 0.15) is 30.0 Å². The highest BCUT2D eigenvalue weighted by Crippen LogP contribution is 2.23. The summed E-state index contributed by atoms with van der Waals surface area (Å²) in [6.07, 6.45) is 4.12. The highest BCUT2D eigenvalue weighted by Gasteiger charge is 2.19. The lowest BCUT2D eigenvalue weighted by Crippen LogP contribution is -2.32. The molecule has 0 saturated carbocycles. The second-order valence-corrected chi connectivity index (χ2v) is 7.47. The van der Waals surface area contributed by atoms with Gasteiger partial charge in [0, 0.05) is 35.6 Å². The van der Waals surface area contributed by atoms with E-state index in [4.69, 9.17) is 0 Å². The Bertz CT molecular complexity index is 863. The summed E-state index contributed by atoms with van der Waals surface area (Å²) in [6.45, 7) is 2.87. The van der Waals surface area contributed by atoms with Gasteiger partial charge in [0.15, 0.2) is 0 Å². The summed E-state index contributed by atoms with van der Waals surface area (Å²) in [7, 11) is 0. The first-order valence-electron chi connectivity index (χ1n) is 8.75. The standard InChI is InChI=1S/C19H22N4OS/c24-19(21-11-14-3-4-18-15(10-14)6-9-25-18)13-23-17(5-8-22-23)16-2-1-7-20-12-16/h3-6,8-10,16,20H,1-2,7,11-13H2,(H,21,24)/t16-/m1/s1. The summed E-state index contributed by atoms with van der Waals surface area (Å²) >= 11 is 1.73. The molecule has 3 heterocycles. The number of benzene rings is 1. The molecule has 0 aliphatic carbocycles. The van der Waals surface area contributed by atoms with Crippen LogP contribution in [-0.2, 0) is 17.9 Å². The van der Waals surface area contributed by atoms with Crippen LogP contribution in [0.25, 0.3) is 10.1 Å². The Morgan fingerprint density at radius 1 is 1.36 bits per heavy atom. The third-order valence-corrected chi connectivity index (χ3v) is 5.66. The fraction of sp³-hybridized carbons (Fsp3) is 0.368. The van der Waals surface area contributed by atoms with Crippen LogP contribution < -0.4 is 10.6 Å². The molecule has 2 aromatic heterocycles. The molecule has 0 bridgehead atoms. The Morgan fingerprint density at radius 2 is 2.32 bits per heavy atom. The number of nitrogens with zero attached hydrogens (tertiary/aromatic N) is 2. The lowest BCUT2D eigenvalue weighted by Gasteiger charge is -2.23. The van der Waals surface area contributed by atoms with Gasteiger partial charge in [-0.2, -0.15) is 5.10 Å². The maximum Gasteiger partial charge on any atom is 0.242 e. The highest BCUT2D eigenvalue weighted by atomic mass is 32.1. The Hall–Kier alpha value is -2.18. The summed E-state index contributed by atoms with van der Waals surface area (Å²) in [5, 5.41) is 14.1. The van der Waals surface area contributed by atoms with E-state index in [0.29, 0.717) is 12.5 Å². The lowest BCUT2D eigenvalue weighted by molar-refractivity contribution is -0.122. The molecule has 1 aliphatic rings. The first-order valence-corrected chi connectivity index (χ1v) is 9.63. The molecule has 2 N–H and O–H groups in total. The van der Waals surface area contributed by atoms with E-state index in [2.05, 4.69) is 45.4 Å². The first-order chi connectivity index (χ1) is 12.3. The molecule has 0 unspecified atom stereocenters. The van der Waals surface area contributed by atoms with Gasteiger partial charge in [-0.15, -0.1) is 11.3 Å². The molecule has 6 heteroatoms. The van der Waals surface area contributed by atoms with E-state index >= 15 is 0 Å². The zero-order valence-corrected chi connectivity index (χ0v) is 14.9. The number of piperidine rings is 1. The molecule has 1 aliphatic heterocycles. The summed E-state index contributed by atoms with van der Waals surface area (Å²) in [5.74, 6) is 0.448. The molecule has 1 atom stereocenters. The van der Waals surface area contributed by atoms with E-state index in [1.165, 1.54) is 16.5 Å². The number of amides is 1. The van der Waals surface area contributed by atoms with Gasteiger partial charge in [0.2, 0.25) is 5.91 Å². The number of rotatable bonds is 5. The zero-order valence-electron chi connectivity index (χ0n) is 14.1. The van der Waals surface area contributed by atoms with Crippen LogP contribution >= 0.6 is 11.3 Å². The Morgan fingerprint density at radius 3 is 3.20 bits per heavy atom. The molecule has 1 saturated heterocycles. The molecular weight excluding hydrogens is 332 g/mol. The van der Waals surface area contributed by atoms with E-state index < -0.39 is 0 Å². The molecule has 25 heavy (non-hydrogen) atoms. The van der Waals surface area contributed by atoms with E-state index in [1.54, 1.807) is 17.5 Å². The summed E-state index contributed by atoms with van der Waals surface area (Å²) in [6, 6.07) is 10.5. The van der Waals surface area contributed by atoms with E-state index in [-0.39, 0.29) is 12.5 Å². The van der Waals surface area contributed by atoms with Crippen LogP contribution in [0.2, 0.25) is 0 Å². The van der Waals surface area contributed by atoms with E-state index in [0.717, 1.165) is 30.8 Å². The summed E-state index contributed by atoms with van der Waals surface area (Å²) in [4.78, 5) is 12.3. The normalized spacial score (nSPS) is 17.7. The van der Waals surface area contributed by atoms with Crippen molar-refractivity contribution in [1.29, 1.82) is 0 Å². The molecule has 3 aromatic rings. The molecule has 0 spiro atoms. The highest BCUT2D eigenvalue weighted by molar-refractivity contribution is 7.17. The van der Waals surface area contributed by atoms with Crippen LogP contribution in [0.5, 0.6) is 0 Å². The number of carbonyl (C=O) groups excluding carboxylic acids is 1. The minimum absolute atomic E-state index is 0.000802. The van der Waals surface area contributed by atoms with Crippen molar-refractivity contribution >= 4 is 27.3 Å². The number of aromatic nitrogens is 2. The summed E-state index contributed by atoms with van der Waals surface area (Å²) in [5.41, 5.74) is 2.28. The fourth-order valence-corrected chi connectivity index (χ4v) is 4.22. The number of hydrogen-bond donors (Lipinski definition) is 2. The van der Waals surface area contributed by atoms with Crippen molar-refractivity contribution in [2.24, 2.45) is 0 Å². The fourth-order valence-electron chi connectivity index (χ4n) is 3.44. The van der Waals surface area contributed by atoms with Gasteiger partial charge in [0.1, 0.15) is 6.54 Å². The lowest BCUT2D eigenvalue weighted by atomic mass is 9.96. The van der Waals surface area contributed by atoms with Gasteiger partial charge < -0.3 is 10.6 Å². The Labute approximate surface area is 151 Å². The average Bonchev–Trinajstić information content (AvgIpc) is 3.29. The predicted molar refractivity (Wildman–Crippen MR) is 101 cm³/mol. The quantitative estimate of drug-likeness (QED) is 0.741. The first kappa shape index (κ1) is 16.3. The van der Waals surface area contributed by atoms with Crippen LogP contribution in [0, 0.1) is 0 Å². The molecule has 0 radical (unpaired) electrons. The average molecular weight is 354 g/mol. The molecule has 1 amide bonds. The second-order valence-electron chi connectivity index (χ2n) is 6.53. The molecule has 1 fully saturated rings. The molecule has 1 aromatic carbocycles. The Balaban J connectivity index is 1.36. The number of carbonyl (C=O) groups is 1. The van der Waals surface area contributed by atoms with Crippen molar-refractivity contribution in [3.05, 3.63) is 53.2 Å². The van der Waals surface area contributed by atoms with Gasteiger partial charge in [0.25, 0.3) is 0 Å². The van der Waals surface area contributed by atoms with Gasteiger partial charge in [-0.3, -0.25) is 9.48 Å². The van der Waals surface area contributed by atoms with Gasteiger partial charge >= 0.3 is 0 Å². The maximum absolute atomic E-state index is 12.3. The molecule has 4 rings (SSSR count). The number of nitrogens with one attached hydrogen (secondary N) is 2. The Kier molecular flexibility index (Phi) is 4.81. The van der Waals surface area contributed by atoms with Gasteiger partial charge in [-0.05, 0) is 60.0 Å². The van der Waals surface area contributed by atoms with E-state index in [9.17, 15) is 4.79 Å². The largest absolute Gasteiger partial charge is 0.350 e. The smallest absolute Gasteiger partial charge is 0.242 e. The van der Waals surface area contributed by atoms with Crippen LogP contribution in [-0.4, -0.2) is 28.8 Å². The van der Waals surface area contributed by atoms with Crippen molar-refractivity contribution in [2.45, 2.75) is 31.8 Å². The van der Waals surface area contributed by atoms with E-state index in [1.807, 2.05) is 10.7 Å². The third-order valence-electron chi connectivity index (χ3n) is 4.76. The number of fused-ring (bicyclic) bond motifs is 1. The minimum Gasteiger partial charge on any atom is -0.350 e. The van der Waals surface area contributed by atoms with Crippen molar-refractivity contribution in [1.82, 2.24) is 20.4 Å². The van der Waals surface area contributed by atoms with Crippen molar-refractivity contribution < 1.29 is 4.79 Å². The predicted octanol–water partition coefficient (Wildman–Crippen LogP) is 2.88. The topological polar surface area (TPSA) is 59.0 Å². The van der Waals surface area contributed by atoms with Crippen LogP contribution in [0.3, 0.4) is 0 Å². The second kappa shape index (κ2) is 7.37. The van der Waals surface area contributed by atoms with Gasteiger partial charge in [-0.1, -0.05) is 6.07 Å². The number of thiophene rings is 1. The van der Waals surface area contributed by atoms with Gasteiger partial charge in [0.05, 0.1) is 0 Å². The van der Waals surface area contributed by atoms with Crippen LogP contribution in [0.15, 0.2) is 41.9 Å². The van der Waals surface area contributed by atoms with Crippen LogP contribution in [0.4, 0.5) is 0 Å². The minimum atomic E-state index is -0.000802. The van der Waals surface area contributed by atoms with Crippen molar-refractivity contribution in [3.8, 4) is 0 Å². The zero-order chi connectivity index (χ0) is 17.1. The number of hydrogen-bond acceptors (Lipinski definition) is 4. The SMILES string of the molecule is O=C(Cn1nccc1[C@@H]1CCCNC1)NCc1ccc2sccc2c1.